The molecule has 1 fully saturated rings. The Bertz CT molecular complexity index is 553. The highest BCUT2D eigenvalue weighted by molar-refractivity contribution is 5.97. The van der Waals surface area contributed by atoms with Gasteiger partial charge in [0.05, 0.1) is 6.61 Å². The van der Waals surface area contributed by atoms with Gasteiger partial charge in [-0.15, -0.1) is 0 Å². The van der Waals surface area contributed by atoms with Crippen LogP contribution in [0, 0.1) is 5.92 Å². The molecule has 26 heavy (non-hydrogen) atoms. The van der Waals surface area contributed by atoms with Crippen molar-refractivity contribution in [1.82, 2.24) is 4.90 Å². The molecule has 2 rings (SSSR count). The number of nitrogens with one attached hydrogen (secondary N) is 1. The molecule has 1 saturated heterocycles. The maximum atomic E-state index is 12.6. The fourth-order valence-corrected chi connectivity index (χ4v) is 3.43. The van der Waals surface area contributed by atoms with E-state index in [1.165, 1.54) is 25.9 Å². The van der Waals surface area contributed by atoms with Crippen molar-refractivity contribution in [3.8, 4) is 5.75 Å². The lowest BCUT2D eigenvalue weighted by Gasteiger charge is -2.28. The van der Waals surface area contributed by atoms with Gasteiger partial charge in [-0.2, -0.15) is 0 Å². The van der Waals surface area contributed by atoms with Crippen LogP contribution in [0.3, 0.4) is 0 Å². The van der Waals surface area contributed by atoms with Crippen molar-refractivity contribution < 1.29 is 14.3 Å². The smallest absolute Gasteiger partial charge is 0.256 e. The van der Waals surface area contributed by atoms with Crippen molar-refractivity contribution in [2.75, 3.05) is 38.7 Å². The average molecular weight is 363 g/mol. The normalized spacial score (nSPS) is 17.3. The van der Waals surface area contributed by atoms with Crippen LogP contribution >= 0.6 is 0 Å². The maximum Gasteiger partial charge on any atom is 0.256 e. The van der Waals surface area contributed by atoms with E-state index in [1.54, 1.807) is 7.11 Å². The number of hydrogen-bond donors (Lipinski definition) is 1. The molecule has 146 valence electrons. The van der Waals surface area contributed by atoms with Crippen LogP contribution in [-0.4, -0.2) is 49.8 Å². The summed E-state index contributed by atoms with van der Waals surface area (Å²) in [5.74, 6) is 1.09. The molecule has 1 N–H and O–H groups in total. The molecule has 0 aliphatic carbocycles. The van der Waals surface area contributed by atoms with Crippen molar-refractivity contribution in [2.24, 2.45) is 5.92 Å². The summed E-state index contributed by atoms with van der Waals surface area (Å²) >= 11 is 0. The van der Waals surface area contributed by atoms with Crippen LogP contribution in [0.25, 0.3) is 0 Å². The van der Waals surface area contributed by atoms with Gasteiger partial charge in [0.1, 0.15) is 11.4 Å². The van der Waals surface area contributed by atoms with Crippen LogP contribution in [0.2, 0.25) is 0 Å². The van der Waals surface area contributed by atoms with E-state index in [4.69, 9.17) is 9.47 Å². The van der Waals surface area contributed by atoms with E-state index < -0.39 is 5.60 Å². The predicted molar refractivity (Wildman–Crippen MR) is 106 cm³/mol. The van der Waals surface area contributed by atoms with Gasteiger partial charge in [-0.25, -0.2) is 0 Å². The fraction of sp³-hybridized carbons (Fsp3) is 0.667. The Kier molecular flexibility index (Phi) is 7.91. The summed E-state index contributed by atoms with van der Waals surface area (Å²) < 4.78 is 11.3. The standard InChI is InChI=1S/C21H34N2O3/c1-17(2)16-21(3,25-4)20(24)22-18-8-10-19(11-9-18)26-15-7-14-23-12-5-6-13-23/h8-11,17H,5-7,12-16H2,1-4H3,(H,22,24)/t21-/m0/s1. The molecule has 0 spiro atoms. The topological polar surface area (TPSA) is 50.8 Å². The number of benzene rings is 1. The molecular weight excluding hydrogens is 328 g/mol. The van der Waals surface area contributed by atoms with Crippen LogP contribution in [-0.2, 0) is 9.53 Å². The van der Waals surface area contributed by atoms with E-state index in [9.17, 15) is 4.79 Å². The summed E-state index contributed by atoms with van der Waals surface area (Å²) in [6, 6.07) is 7.55. The van der Waals surface area contributed by atoms with Crippen LogP contribution in [0.15, 0.2) is 24.3 Å². The predicted octanol–water partition coefficient (Wildman–Crippen LogP) is 3.94. The zero-order valence-electron chi connectivity index (χ0n) is 16.7. The van der Waals surface area contributed by atoms with Gasteiger partial charge in [0, 0.05) is 19.3 Å². The van der Waals surface area contributed by atoms with Crippen LogP contribution < -0.4 is 10.1 Å². The summed E-state index contributed by atoms with van der Waals surface area (Å²) in [6.45, 7) is 10.3. The summed E-state index contributed by atoms with van der Waals surface area (Å²) in [5.41, 5.74) is -0.0646. The molecule has 1 aliphatic rings. The van der Waals surface area contributed by atoms with E-state index in [0.29, 0.717) is 12.3 Å². The second kappa shape index (κ2) is 9.93. The molecule has 5 heteroatoms. The van der Waals surface area contributed by atoms with Gasteiger partial charge in [0.15, 0.2) is 0 Å². The van der Waals surface area contributed by atoms with Crippen molar-refractivity contribution >= 4 is 11.6 Å². The van der Waals surface area contributed by atoms with E-state index in [-0.39, 0.29) is 5.91 Å². The van der Waals surface area contributed by atoms with Crippen molar-refractivity contribution in [3.05, 3.63) is 24.3 Å². The van der Waals surface area contributed by atoms with Gasteiger partial charge in [0.2, 0.25) is 0 Å². The summed E-state index contributed by atoms with van der Waals surface area (Å²) in [4.78, 5) is 15.0. The summed E-state index contributed by atoms with van der Waals surface area (Å²) in [6.07, 6.45) is 4.37. The third-order valence-electron chi connectivity index (χ3n) is 4.93. The largest absolute Gasteiger partial charge is 0.494 e. The molecule has 1 aromatic rings. The Balaban J connectivity index is 1.77. The number of nitrogens with zero attached hydrogens (tertiary/aromatic N) is 1. The molecule has 0 saturated carbocycles. The Morgan fingerprint density at radius 2 is 1.88 bits per heavy atom. The van der Waals surface area contributed by atoms with Gasteiger partial charge in [-0.3, -0.25) is 4.79 Å². The number of anilines is 1. The Labute approximate surface area is 158 Å². The second-order valence-corrected chi connectivity index (χ2v) is 7.76. The molecule has 0 bridgehead atoms. The molecule has 1 aromatic carbocycles. The Morgan fingerprint density at radius 1 is 1.23 bits per heavy atom. The van der Waals surface area contributed by atoms with Crippen molar-refractivity contribution in [3.63, 3.8) is 0 Å². The van der Waals surface area contributed by atoms with Crippen LogP contribution in [0.1, 0.15) is 46.5 Å². The molecular formula is C21H34N2O3. The fourth-order valence-electron chi connectivity index (χ4n) is 3.43. The van der Waals surface area contributed by atoms with Crippen molar-refractivity contribution in [1.29, 1.82) is 0 Å². The van der Waals surface area contributed by atoms with Gasteiger partial charge >= 0.3 is 0 Å². The first-order valence-corrected chi connectivity index (χ1v) is 9.75. The second-order valence-electron chi connectivity index (χ2n) is 7.76. The van der Waals surface area contributed by atoms with Gasteiger partial charge in [0.25, 0.3) is 5.91 Å². The number of amides is 1. The molecule has 0 radical (unpaired) electrons. The number of hydrogen-bond acceptors (Lipinski definition) is 4. The molecule has 0 aromatic heterocycles. The highest BCUT2D eigenvalue weighted by Gasteiger charge is 2.33. The minimum atomic E-state index is -0.821. The SMILES string of the molecule is CO[C@@](C)(CC(C)C)C(=O)Nc1ccc(OCCCN2CCCC2)cc1. The first-order valence-electron chi connectivity index (χ1n) is 9.75. The number of likely N-dealkylation sites (tertiary alicyclic amines) is 1. The summed E-state index contributed by atoms with van der Waals surface area (Å²) in [7, 11) is 1.58. The number of rotatable bonds is 10. The van der Waals surface area contributed by atoms with E-state index in [2.05, 4.69) is 24.1 Å². The Morgan fingerprint density at radius 3 is 2.46 bits per heavy atom. The van der Waals surface area contributed by atoms with Gasteiger partial charge < -0.3 is 19.7 Å². The minimum Gasteiger partial charge on any atom is -0.494 e. The molecule has 0 unspecified atom stereocenters. The van der Waals surface area contributed by atoms with E-state index in [1.807, 2.05) is 31.2 Å². The van der Waals surface area contributed by atoms with Gasteiger partial charge in [-0.1, -0.05) is 13.8 Å². The average Bonchev–Trinajstić information content (AvgIpc) is 3.13. The first-order chi connectivity index (χ1) is 12.4. The highest BCUT2D eigenvalue weighted by atomic mass is 16.5. The van der Waals surface area contributed by atoms with Gasteiger partial charge in [-0.05, 0) is 75.9 Å². The number of carbonyl (C=O) groups excluding carboxylic acids is 1. The lowest BCUT2D eigenvalue weighted by atomic mass is 9.93. The monoisotopic (exact) mass is 362 g/mol. The van der Waals surface area contributed by atoms with Crippen molar-refractivity contribution in [2.45, 2.75) is 52.1 Å². The zero-order valence-corrected chi connectivity index (χ0v) is 16.7. The molecule has 1 amide bonds. The Hall–Kier alpha value is -1.59. The molecule has 1 aliphatic heterocycles. The number of ether oxygens (including phenoxy) is 2. The summed E-state index contributed by atoms with van der Waals surface area (Å²) in [5, 5.41) is 2.94. The van der Waals surface area contributed by atoms with E-state index >= 15 is 0 Å². The maximum absolute atomic E-state index is 12.6. The molecule has 5 nitrogen and oxygen atoms in total. The van der Waals surface area contributed by atoms with Crippen LogP contribution in [0.4, 0.5) is 5.69 Å². The van der Waals surface area contributed by atoms with Crippen LogP contribution in [0.5, 0.6) is 5.75 Å². The highest BCUT2D eigenvalue weighted by Crippen LogP contribution is 2.23. The quantitative estimate of drug-likeness (QED) is 0.641. The lowest BCUT2D eigenvalue weighted by molar-refractivity contribution is -0.137. The molecule has 1 heterocycles. The van der Waals surface area contributed by atoms with E-state index in [0.717, 1.165) is 31.0 Å². The number of carbonyl (C=O) groups is 1. The minimum absolute atomic E-state index is 0.118. The first kappa shape index (κ1) is 20.7. The third-order valence-corrected chi connectivity index (χ3v) is 4.93. The zero-order chi connectivity index (χ0) is 19.0. The third kappa shape index (κ3) is 6.29. The lowest BCUT2D eigenvalue weighted by Crippen LogP contribution is -2.43. The number of methoxy groups -OCH3 is 1. The molecule has 1 atom stereocenters.